The number of carboxylic acid groups (broad SMARTS) is 1. The van der Waals surface area contributed by atoms with E-state index in [1.807, 2.05) is 60.7 Å². The van der Waals surface area contributed by atoms with E-state index >= 15 is 0 Å². The minimum atomic E-state index is -1.12. The summed E-state index contributed by atoms with van der Waals surface area (Å²) in [6, 6.07) is 16.3. The fourth-order valence-electron chi connectivity index (χ4n) is 2.65. The Morgan fingerprint density at radius 2 is 1.40 bits per heavy atom. The van der Waals surface area contributed by atoms with Crippen molar-refractivity contribution in [2.75, 3.05) is 0 Å². The van der Waals surface area contributed by atoms with Crippen molar-refractivity contribution in [3.8, 4) is 0 Å². The summed E-state index contributed by atoms with van der Waals surface area (Å²) in [5.41, 5.74) is 7.12. The largest absolute Gasteiger partial charge is 0.480 e. The highest BCUT2D eigenvalue weighted by atomic mass is 16.6. The maximum atomic E-state index is 12.5. The number of ether oxygens (including phenoxy) is 2. The molecule has 8 heteroatoms. The Labute approximate surface area is 175 Å². The lowest BCUT2D eigenvalue weighted by atomic mass is 10.1. The summed E-state index contributed by atoms with van der Waals surface area (Å²) in [7, 11) is 0. The van der Waals surface area contributed by atoms with E-state index in [0.717, 1.165) is 11.1 Å². The Hall–Kier alpha value is -3.39. The Morgan fingerprint density at radius 3 is 1.93 bits per heavy atom. The van der Waals surface area contributed by atoms with Crippen molar-refractivity contribution in [1.29, 1.82) is 0 Å². The predicted molar refractivity (Wildman–Crippen MR) is 109 cm³/mol. The van der Waals surface area contributed by atoms with E-state index in [9.17, 15) is 14.4 Å². The summed E-state index contributed by atoms with van der Waals surface area (Å²) < 4.78 is 10.5. The molecule has 0 aliphatic carbocycles. The van der Waals surface area contributed by atoms with Crippen LogP contribution in [0.3, 0.4) is 0 Å². The molecule has 2 aromatic carbocycles. The molecule has 0 saturated carbocycles. The van der Waals surface area contributed by atoms with Gasteiger partial charge in [0.25, 0.3) is 0 Å². The number of nitrogens with two attached hydrogens (primary N) is 1. The number of benzene rings is 2. The number of nitrogens with one attached hydrogen (secondary N) is 1. The molecular weight excluding hydrogens is 388 g/mol. The molecule has 0 spiro atoms. The molecule has 1 amide bonds. The number of carbonyl (C=O) groups is 3. The summed E-state index contributed by atoms with van der Waals surface area (Å²) in [5, 5.41) is 11.4. The van der Waals surface area contributed by atoms with E-state index < -0.39 is 30.1 Å². The monoisotopic (exact) mass is 414 g/mol. The average molecular weight is 414 g/mol. The zero-order valence-corrected chi connectivity index (χ0v) is 16.5. The highest BCUT2D eigenvalue weighted by Crippen LogP contribution is 2.09. The van der Waals surface area contributed by atoms with E-state index in [1.165, 1.54) is 0 Å². The second-order valence-electron chi connectivity index (χ2n) is 6.73. The third-order valence-electron chi connectivity index (χ3n) is 4.34. The molecule has 160 valence electrons. The zero-order valence-electron chi connectivity index (χ0n) is 16.5. The molecule has 0 heterocycles. The van der Waals surface area contributed by atoms with Crippen LogP contribution in [-0.2, 0) is 32.3 Å². The topological polar surface area (TPSA) is 128 Å². The maximum Gasteiger partial charge on any atom is 0.408 e. The number of rotatable bonds is 11. The van der Waals surface area contributed by atoms with Crippen LogP contribution in [0.25, 0.3) is 0 Å². The van der Waals surface area contributed by atoms with E-state index in [2.05, 4.69) is 5.32 Å². The van der Waals surface area contributed by atoms with Gasteiger partial charge in [0.1, 0.15) is 25.3 Å². The molecule has 2 atom stereocenters. The van der Waals surface area contributed by atoms with Gasteiger partial charge >= 0.3 is 18.0 Å². The third-order valence-corrected chi connectivity index (χ3v) is 4.34. The number of carboxylic acids is 1. The lowest BCUT2D eigenvalue weighted by molar-refractivity contribution is -0.147. The summed E-state index contributed by atoms with van der Waals surface area (Å²) in [4.78, 5) is 35.5. The van der Waals surface area contributed by atoms with Crippen LogP contribution < -0.4 is 11.1 Å². The van der Waals surface area contributed by atoms with E-state index in [-0.39, 0.29) is 26.1 Å². The molecule has 8 nitrogen and oxygen atoms in total. The Kier molecular flexibility index (Phi) is 9.33. The maximum absolute atomic E-state index is 12.5. The minimum absolute atomic E-state index is 0.0579. The van der Waals surface area contributed by atoms with Gasteiger partial charge in [-0.25, -0.2) is 9.59 Å². The van der Waals surface area contributed by atoms with Crippen LogP contribution in [0.2, 0.25) is 0 Å². The zero-order chi connectivity index (χ0) is 21.8. The average Bonchev–Trinajstić information content (AvgIpc) is 2.76. The lowest BCUT2D eigenvalue weighted by Crippen LogP contribution is -2.42. The minimum Gasteiger partial charge on any atom is -0.480 e. The van der Waals surface area contributed by atoms with Crippen LogP contribution in [-0.4, -0.2) is 35.2 Å². The van der Waals surface area contributed by atoms with Crippen LogP contribution in [0.5, 0.6) is 0 Å². The fourth-order valence-corrected chi connectivity index (χ4v) is 2.65. The fraction of sp³-hybridized carbons (Fsp3) is 0.318. The molecule has 2 aromatic rings. The van der Waals surface area contributed by atoms with Crippen molar-refractivity contribution in [3.63, 3.8) is 0 Å². The molecule has 30 heavy (non-hydrogen) atoms. The van der Waals surface area contributed by atoms with Crippen molar-refractivity contribution in [2.45, 2.75) is 44.6 Å². The first-order valence-corrected chi connectivity index (χ1v) is 9.62. The number of hydrogen-bond acceptors (Lipinski definition) is 6. The molecule has 0 aliphatic rings. The van der Waals surface area contributed by atoms with Gasteiger partial charge in [0, 0.05) is 0 Å². The van der Waals surface area contributed by atoms with Crippen molar-refractivity contribution < 1.29 is 29.0 Å². The molecule has 0 fully saturated rings. The molecule has 0 aliphatic heterocycles. The van der Waals surface area contributed by atoms with Crippen molar-refractivity contribution in [2.24, 2.45) is 5.73 Å². The predicted octanol–water partition coefficient (Wildman–Crippen LogP) is 2.61. The van der Waals surface area contributed by atoms with Gasteiger partial charge in [-0.05, 0) is 30.4 Å². The van der Waals surface area contributed by atoms with Crippen molar-refractivity contribution >= 4 is 18.0 Å². The van der Waals surface area contributed by atoms with Gasteiger partial charge in [-0.15, -0.1) is 0 Å². The second-order valence-corrected chi connectivity index (χ2v) is 6.73. The Morgan fingerprint density at radius 1 is 0.867 bits per heavy atom. The Bertz CT molecular complexity index is 813. The van der Waals surface area contributed by atoms with Crippen molar-refractivity contribution in [3.05, 3.63) is 71.8 Å². The number of aliphatic carboxylic acids is 1. The van der Waals surface area contributed by atoms with Gasteiger partial charge in [0.15, 0.2) is 0 Å². The second kappa shape index (κ2) is 12.2. The number of esters is 1. The first-order chi connectivity index (χ1) is 14.5. The third kappa shape index (κ3) is 8.32. The van der Waals surface area contributed by atoms with E-state index in [4.69, 9.17) is 20.3 Å². The van der Waals surface area contributed by atoms with Crippen LogP contribution in [0.4, 0.5) is 4.79 Å². The van der Waals surface area contributed by atoms with Gasteiger partial charge < -0.3 is 25.6 Å². The standard InChI is InChI=1S/C22H26N2O6/c23-18(20(25)26)12-7-13-19(21(27)29-14-16-8-3-1-4-9-16)24-22(28)30-15-17-10-5-2-6-11-17/h1-6,8-11,18-19H,7,12-15,23H2,(H,24,28)(H,25,26)/t18-,19?/m0/s1. The smallest absolute Gasteiger partial charge is 0.408 e. The molecule has 1 unspecified atom stereocenters. The summed E-state index contributed by atoms with van der Waals surface area (Å²) >= 11 is 0. The number of alkyl carbamates (subject to hydrolysis) is 1. The van der Waals surface area contributed by atoms with Gasteiger partial charge in [-0.2, -0.15) is 0 Å². The van der Waals surface area contributed by atoms with Gasteiger partial charge in [-0.3, -0.25) is 4.79 Å². The molecule has 2 rings (SSSR count). The number of hydrogen-bond donors (Lipinski definition) is 3. The van der Waals surface area contributed by atoms with Crippen LogP contribution in [0, 0.1) is 0 Å². The molecule has 0 saturated heterocycles. The molecule has 4 N–H and O–H groups in total. The van der Waals surface area contributed by atoms with Crippen molar-refractivity contribution in [1.82, 2.24) is 5.32 Å². The number of carbonyl (C=O) groups excluding carboxylic acids is 2. The van der Waals surface area contributed by atoms with Gasteiger partial charge in [0.2, 0.25) is 0 Å². The summed E-state index contributed by atoms with van der Waals surface area (Å²) in [5.74, 6) is -1.74. The number of amides is 1. The SMILES string of the molecule is N[C@@H](CCCC(NC(=O)OCc1ccccc1)C(=O)OCc1ccccc1)C(=O)O. The molecule has 0 aromatic heterocycles. The van der Waals surface area contributed by atoms with Gasteiger partial charge in [-0.1, -0.05) is 60.7 Å². The highest BCUT2D eigenvalue weighted by molar-refractivity contribution is 5.81. The lowest BCUT2D eigenvalue weighted by Gasteiger charge is -2.18. The van der Waals surface area contributed by atoms with Gasteiger partial charge in [0.05, 0.1) is 0 Å². The van der Waals surface area contributed by atoms with Crippen LogP contribution in [0.15, 0.2) is 60.7 Å². The normalized spacial score (nSPS) is 12.4. The quantitative estimate of drug-likeness (QED) is 0.482. The molecule has 0 radical (unpaired) electrons. The molecular formula is C22H26N2O6. The first-order valence-electron chi connectivity index (χ1n) is 9.62. The van der Waals surface area contributed by atoms with Crippen LogP contribution >= 0.6 is 0 Å². The van der Waals surface area contributed by atoms with E-state index in [1.54, 1.807) is 0 Å². The summed E-state index contributed by atoms with van der Waals surface area (Å²) in [6.07, 6.45) is -0.103. The Balaban J connectivity index is 1.90. The molecule has 0 bridgehead atoms. The first kappa shape index (κ1) is 22.9. The van der Waals surface area contributed by atoms with Crippen LogP contribution in [0.1, 0.15) is 30.4 Å². The van der Waals surface area contributed by atoms with E-state index in [0.29, 0.717) is 6.42 Å². The highest BCUT2D eigenvalue weighted by Gasteiger charge is 2.24. The summed E-state index contributed by atoms with van der Waals surface area (Å²) in [6.45, 7) is 0.119.